The molecule has 3 aromatic rings. The first-order chi connectivity index (χ1) is 21.7. The molecule has 45 heavy (non-hydrogen) atoms. The summed E-state index contributed by atoms with van der Waals surface area (Å²) in [4.78, 5) is 56.1. The number of hydrogen-bond donors (Lipinski definition) is 1. The van der Waals surface area contributed by atoms with Crippen LogP contribution in [0.4, 0.5) is 21.8 Å². The molecule has 13 nitrogen and oxygen atoms in total. The van der Waals surface area contributed by atoms with E-state index in [4.69, 9.17) is 4.98 Å². The number of halogens is 1. The van der Waals surface area contributed by atoms with Gasteiger partial charge >= 0.3 is 0 Å². The Morgan fingerprint density at radius 1 is 1.13 bits per heavy atom. The summed E-state index contributed by atoms with van der Waals surface area (Å²) in [6, 6.07) is 6.07. The Kier molecular flexibility index (Phi) is 9.19. The van der Waals surface area contributed by atoms with Crippen molar-refractivity contribution in [1.29, 1.82) is 5.26 Å². The zero-order valence-electron chi connectivity index (χ0n) is 25.3. The minimum absolute atomic E-state index is 0.0157. The summed E-state index contributed by atoms with van der Waals surface area (Å²) < 4.78 is 16.1. The van der Waals surface area contributed by atoms with Crippen LogP contribution in [0.3, 0.4) is 0 Å². The average molecular weight is 615 g/mol. The average Bonchev–Trinajstić information content (AvgIpc) is 3.02. The fraction of sp³-hybridized carbons (Fsp3) is 0.387. The highest BCUT2D eigenvalue weighted by Crippen LogP contribution is 2.31. The van der Waals surface area contributed by atoms with Crippen LogP contribution in [0.15, 0.2) is 54.5 Å². The zero-order chi connectivity index (χ0) is 32.2. The molecule has 14 heteroatoms. The van der Waals surface area contributed by atoms with Crippen molar-refractivity contribution in [2.45, 2.75) is 32.4 Å². The quantitative estimate of drug-likeness (QED) is 0.337. The Morgan fingerprint density at radius 2 is 1.89 bits per heavy atom. The van der Waals surface area contributed by atoms with Crippen molar-refractivity contribution in [3.8, 4) is 11.8 Å². The van der Waals surface area contributed by atoms with Crippen molar-refractivity contribution >= 4 is 40.2 Å². The number of nitrogens with one attached hydrogen (secondary N) is 1. The Morgan fingerprint density at radius 3 is 2.56 bits per heavy atom. The van der Waals surface area contributed by atoms with Gasteiger partial charge in [0.1, 0.15) is 17.0 Å². The summed E-state index contributed by atoms with van der Waals surface area (Å²) in [5.74, 6) is -0.845. The number of rotatable bonds is 10. The second-order valence-corrected chi connectivity index (χ2v) is 10.8. The Balaban J connectivity index is 1.63. The summed E-state index contributed by atoms with van der Waals surface area (Å²) in [7, 11) is 0. The zero-order valence-corrected chi connectivity index (χ0v) is 25.3. The normalized spacial score (nSPS) is 16.8. The summed E-state index contributed by atoms with van der Waals surface area (Å²) in [5, 5.41) is 16.7. The van der Waals surface area contributed by atoms with Crippen molar-refractivity contribution in [2.75, 3.05) is 60.9 Å². The molecule has 0 spiro atoms. The van der Waals surface area contributed by atoms with Gasteiger partial charge in [-0.2, -0.15) is 20.0 Å². The lowest BCUT2D eigenvalue weighted by molar-refractivity contribution is -0.128. The van der Waals surface area contributed by atoms with E-state index < -0.39 is 23.3 Å². The lowest BCUT2D eigenvalue weighted by Gasteiger charge is -2.45. The van der Waals surface area contributed by atoms with Gasteiger partial charge in [-0.1, -0.05) is 33.1 Å². The smallest absolute Gasteiger partial charge is 0.298 e. The summed E-state index contributed by atoms with van der Waals surface area (Å²) in [6.45, 7) is 15.3. The van der Waals surface area contributed by atoms with Crippen molar-refractivity contribution in [2.24, 2.45) is 0 Å². The van der Waals surface area contributed by atoms with Gasteiger partial charge in [-0.15, -0.1) is 0 Å². The number of nitriles is 1. The molecule has 1 atom stereocenters. The van der Waals surface area contributed by atoms with E-state index >= 15 is 4.39 Å². The number of hydrogen-bond acceptors (Lipinski definition) is 10. The SMILES string of the molecule is C=CC(=O)Nc1cccc(F)c1-n1ncc2c(N3CCN(C(=O)C=C)C(CC#N)C3)nc(N3CC(N(CC)CC)C3)nc2c1=O. The van der Waals surface area contributed by atoms with Crippen LogP contribution in [-0.2, 0) is 9.59 Å². The van der Waals surface area contributed by atoms with Crippen LogP contribution in [0.25, 0.3) is 16.6 Å². The minimum Gasteiger partial charge on any atom is -0.352 e. The van der Waals surface area contributed by atoms with E-state index in [1.807, 2.05) is 9.80 Å². The first-order valence-corrected chi connectivity index (χ1v) is 14.8. The van der Waals surface area contributed by atoms with Crippen LogP contribution < -0.4 is 20.7 Å². The second-order valence-electron chi connectivity index (χ2n) is 10.8. The van der Waals surface area contributed by atoms with Crippen LogP contribution in [0.2, 0.25) is 0 Å². The topological polar surface area (TPSA) is 144 Å². The van der Waals surface area contributed by atoms with Gasteiger partial charge in [-0.25, -0.2) is 9.37 Å². The second kappa shape index (κ2) is 13.2. The number of amides is 2. The number of anilines is 3. The maximum absolute atomic E-state index is 15.2. The molecule has 1 N–H and O–H groups in total. The van der Waals surface area contributed by atoms with E-state index in [1.165, 1.54) is 30.5 Å². The van der Waals surface area contributed by atoms with Gasteiger partial charge in [-0.3, -0.25) is 19.3 Å². The molecular weight excluding hydrogens is 579 g/mol. The largest absolute Gasteiger partial charge is 0.352 e. The molecule has 4 heterocycles. The molecule has 2 fully saturated rings. The third kappa shape index (κ3) is 5.99. The van der Waals surface area contributed by atoms with Crippen molar-refractivity contribution in [3.05, 3.63) is 65.9 Å². The van der Waals surface area contributed by atoms with Gasteiger partial charge in [0.25, 0.3) is 5.56 Å². The molecule has 2 aliphatic heterocycles. The minimum atomic E-state index is -0.771. The number of nitrogens with zero attached hydrogens (tertiary/aromatic N) is 9. The molecule has 2 aromatic heterocycles. The molecule has 0 bridgehead atoms. The first kappa shape index (κ1) is 31.3. The lowest BCUT2D eigenvalue weighted by atomic mass is 10.1. The molecule has 234 valence electrons. The molecular formula is C31H35FN10O3. The molecule has 1 unspecified atom stereocenters. The Bertz CT molecular complexity index is 1740. The molecule has 0 saturated carbocycles. The molecule has 2 saturated heterocycles. The number of aromatic nitrogens is 4. The van der Waals surface area contributed by atoms with Gasteiger partial charge in [-0.05, 0) is 37.4 Å². The summed E-state index contributed by atoms with van der Waals surface area (Å²) >= 11 is 0. The molecule has 0 aliphatic carbocycles. The van der Waals surface area contributed by atoms with Crippen LogP contribution in [0.1, 0.15) is 20.3 Å². The lowest BCUT2D eigenvalue weighted by Crippen LogP contribution is -2.60. The van der Waals surface area contributed by atoms with Gasteiger partial charge in [0.15, 0.2) is 5.82 Å². The maximum atomic E-state index is 15.2. The van der Waals surface area contributed by atoms with E-state index in [-0.39, 0.29) is 35.8 Å². The number of fused-ring (bicyclic) bond motifs is 1. The number of para-hydroxylation sites is 1. The van der Waals surface area contributed by atoms with Crippen LogP contribution in [0.5, 0.6) is 0 Å². The fourth-order valence-corrected chi connectivity index (χ4v) is 5.88. The van der Waals surface area contributed by atoms with Crippen LogP contribution in [0, 0.1) is 17.1 Å². The third-order valence-corrected chi connectivity index (χ3v) is 8.29. The van der Waals surface area contributed by atoms with Gasteiger partial charge in [0, 0.05) is 38.8 Å². The highest BCUT2D eigenvalue weighted by Gasteiger charge is 2.35. The predicted octanol–water partition coefficient (Wildman–Crippen LogP) is 2.09. The standard InChI is InChI=1S/C31H35FN10O3/c1-5-25(43)35-24-11-9-10-23(32)28(24)42-30(45)27-22(16-34-42)29(37-31(36-27)40-18-21(19-40)38(7-3)8-4)39-14-15-41(26(44)6-2)20(17-39)12-13-33/h5-6,9-11,16,20-21H,1-2,7-8,12,14-15,17-19H2,3-4H3,(H,35,43). The Hall–Kier alpha value is -5.16. The fourth-order valence-electron chi connectivity index (χ4n) is 5.88. The van der Waals surface area contributed by atoms with Gasteiger partial charge in [0.05, 0.1) is 35.8 Å². The molecule has 5 rings (SSSR count). The number of likely N-dealkylation sites (N-methyl/N-ethyl adjacent to an activating group) is 1. The highest BCUT2D eigenvalue weighted by atomic mass is 19.1. The van der Waals surface area contributed by atoms with Crippen molar-refractivity contribution in [3.63, 3.8) is 0 Å². The number of piperazine rings is 1. The van der Waals surface area contributed by atoms with E-state index in [0.717, 1.165) is 23.8 Å². The number of benzene rings is 1. The van der Waals surface area contributed by atoms with E-state index in [9.17, 15) is 19.6 Å². The van der Waals surface area contributed by atoms with Gasteiger partial charge < -0.3 is 20.0 Å². The predicted molar refractivity (Wildman–Crippen MR) is 169 cm³/mol. The number of carbonyl (C=O) groups excluding carboxylic acids is 2. The highest BCUT2D eigenvalue weighted by molar-refractivity contribution is 6.00. The summed E-state index contributed by atoms with van der Waals surface area (Å²) in [6.07, 6.45) is 3.77. The molecule has 0 radical (unpaired) electrons. The van der Waals surface area contributed by atoms with Crippen molar-refractivity contribution < 1.29 is 14.0 Å². The third-order valence-electron chi connectivity index (χ3n) is 8.29. The van der Waals surface area contributed by atoms with E-state index in [2.05, 4.69) is 53.4 Å². The van der Waals surface area contributed by atoms with Crippen LogP contribution >= 0.6 is 0 Å². The number of carbonyl (C=O) groups is 2. The molecule has 2 amide bonds. The maximum Gasteiger partial charge on any atom is 0.298 e. The van der Waals surface area contributed by atoms with E-state index in [0.29, 0.717) is 49.4 Å². The molecule has 2 aliphatic rings. The van der Waals surface area contributed by atoms with Gasteiger partial charge in [0.2, 0.25) is 17.8 Å². The van der Waals surface area contributed by atoms with Crippen LogP contribution in [-0.4, -0.2) is 99.3 Å². The first-order valence-electron chi connectivity index (χ1n) is 14.8. The summed E-state index contributed by atoms with van der Waals surface area (Å²) in [5.41, 5.74) is -0.888. The van der Waals surface area contributed by atoms with Crippen molar-refractivity contribution in [1.82, 2.24) is 29.5 Å². The van der Waals surface area contributed by atoms with E-state index in [1.54, 1.807) is 4.90 Å². The Labute approximate surface area is 259 Å². The molecule has 1 aromatic carbocycles. The monoisotopic (exact) mass is 614 g/mol.